The van der Waals surface area contributed by atoms with Gasteiger partial charge in [0.05, 0.1) is 5.52 Å². The summed E-state index contributed by atoms with van der Waals surface area (Å²) in [6, 6.07) is 18.7. The van der Waals surface area contributed by atoms with Gasteiger partial charge in [0.1, 0.15) is 24.3 Å². The number of aromatic nitrogens is 2. The molecule has 218 valence electrons. The van der Waals surface area contributed by atoms with Crippen LogP contribution in [0.3, 0.4) is 0 Å². The van der Waals surface area contributed by atoms with Gasteiger partial charge in [-0.2, -0.15) is 9.97 Å². The molecule has 3 aliphatic rings. The topological polar surface area (TPSA) is 102 Å². The van der Waals surface area contributed by atoms with E-state index >= 15 is 0 Å². The zero-order chi connectivity index (χ0) is 29.0. The Balaban J connectivity index is 1.30. The number of rotatable bonds is 6. The Kier molecular flexibility index (Phi) is 6.86. The van der Waals surface area contributed by atoms with Crippen LogP contribution < -0.4 is 9.64 Å². The summed E-state index contributed by atoms with van der Waals surface area (Å²) in [7, 11) is 2.13. The third-order valence-electron chi connectivity index (χ3n) is 9.29. The zero-order valence-electron chi connectivity index (χ0n) is 24.1. The summed E-state index contributed by atoms with van der Waals surface area (Å²) >= 11 is 0. The molecule has 3 saturated heterocycles. The molecule has 0 radical (unpaired) electrons. The molecule has 2 N–H and O–H groups in total. The maximum Gasteiger partial charge on any atom is 0.319 e. The van der Waals surface area contributed by atoms with E-state index in [0.717, 1.165) is 70.8 Å². The molecule has 0 aliphatic carbocycles. The Labute approximate surface area is 245 Å². The van der Waals surface area contributed by atoms with Gasteiger partial charge in [0.15, 0.2) is 0 Å². The number of fused-ring (bicyclic) bond motifs is 4. The second kappa shape index (κ2) is 10.7. The van der Waals surface area contributed by atoms with Crippen molar-refractivity contribution in [2.45, 2.75) is 56.8 Å². The highest BCUT2D eigenvalue weighted by atomic mass is 16.5. The molecule has 3 aromatic carbocycles. The summed E-state index contributed by atoms with van der Waals surface area (Å²) in [4.78, 5) is 29.0. The van der Waals surface area contributed by atoms with E-state index < -0.39 is 6.10 Å². The zero-order valence-corrected chi connectivity index (χ0v) is 24.1. The van der Waals surface area contributed by atoms with Gasteiger partial charge in [-0.1, -0.05) is 30.3 Å². The van der Waals surface area contributed by atoms with Gasteiger partial charge in [0.25, 0.3) is 5.91 Å². The number of likely N-dealkylation sites (N-methyl/N-ethyl adjacent to an activating group) is 1. The van der Waals surface area contributed by atoms with E-state index in [-0.39, 0.29) is 23.7 Å². The minimum absolute atomic E-state index is 0.105. The maximum absolute atomic E-state index is 12.6. The number of aliphatic hydroxyl groups is 1. The van der Waals surface area contributed by atoms with Crippen LogP contribution in [0.5, 0.6) is 11.8 Å². The van der Waals surface area contributed by atoms with Crippen molar-refractivity contribution in [1.29, 1.82) is 0 Å². The Morgan fingerprint density at radius 1 is 1.02 bits per heavy atom. The SMILES string of the molecule is C[C@H](O)C(=O)N1CC2CCC(C1)N2c1nc(OC[C@@H]2CCCN2C)nc2cc(-c3cc(O)cc4ccccc34)ccc12. The number of aromatic hydroxyl groups is 1. The fourth-order valence-electron chi connectivity index (χ4n) is 7.11. The van der Waals surface area contributed by atoms with E-state index in [2.05, 4.69) is 41.1 Å². The summed E-state index contributed by atoms with van der Waals surface area (Å²) in [5.41, 5.74) is 2.67. The fourth-order valence-corrected chi connectivity index (χ4v) is 7.11. The van der Waals surface area contributed by atoms with Gasteiger partial charge in [0.2, 0.25) is 0 Å². The van der Waals surface area contributed by atoms with Crippen molar-refractivity contribution in [1.82, 2.24) is 19.8 Å². The highest BCUT2D eigenvalue weighted by molar-refractivity contribution is 6.01. The number of anilines is 1. The number of phenols is 1. The van der Waals surface area contributed by atoms with Crippen molar-refractivity contribution in [3.8, 4) is 22.9 Å². The monoisotopic (exact) mass is 567 g/mol. The molecule has 2 unspecified atom stereocenters. The molecule has 7 rings (SSSR count). The van der Waals surface area contributed by atoms with Crippen molar-refractivity contribution in [2.75, 3.05) is 38.2 Å². The van der Waals surface area contributed by atoms with Crippen LogP contribution in [0, 0.1) is 0 Å². The number of hydrogen-bond donors (Lipinski definition) is 2. The predicted octanol–water partition coefficient (Wildman–Crippen LogP) is 4.19. The molecule has 1 aromatic heterocycles. The summed E-state index contributed by atoms with van der Waals surface area (Å²) < 4.78 is 6.29. The number of nitrogens with zero attached hydrogens (tertiary/aromatic N) is 5. The third-order valence-corrected chi connectivity index (χ3v) is 9.29. The summed E-state index contributed by atoms with van der Waals surface area (Å²) in [6.45, 7) is 4.25. The second-order valence-electron chi connectivity index (χ2n) is 12.1. The van der Waals surface area contributed by atoms with Crippen LogP contribution in [-0.2, 0) is 4.79 Å². The normalized spacial score (nSPS) is 23.2. The highest BCUT2D eigenvalue weighted by Gasteiger charge is 2.43. The molecule has 0 saturated carbocycles. The number of aliphatic hydroxyl groups excluding tert-OH is 1. The van der Waals surface area contributed by atoms with Crippen LogP contribution >= 0.6 is 0 Å². The van der Waals surface area contributed by atoms with E-state index in [4.69, 9.17) is 14.7 Å². The van der Waals surface area contributed by atoms with Crippen molar-refractivity contribution < 1.29 is 19.7 Å². The minimum Gasteiger partial charge on any atom is -0.508 e. The molecule has 3 fully saturated rings. The van der Waals surface area contributed by atoms with E-state index in [0.29, 0.717) is 31.7 Å². The second-order valence-corrected chi connectivity index (χ2v) is 12.1. The number of carbonyl (C=O) groups is 1. The lowest BCUT2D eigenvalue weighted by atomic mass is 9.97. The van der Waals surface area contributed by atoms with Crippen LogP contribution in [0.4, 0.5) is 5.82 Å². The van der Waals surface area contributed by atoms with Crippen molar-refractivity contribution in [3.05, 3.63) is 54.6 Å². The molecule has 3 aliphatic heterocycles. The lowest BCUT2D eigenvalue weighted by Crippen LogP contribution is -2.57. The van der Waals surface area contributed by atoms with Gasteiger partial charge >= 0.3 is 6.01 Å². The fraction of sp³-hybridized carbons (Fsp3) is 0.424. The molecule has 0 spiro atoms. The molecule has 4 atom stereocenters. The van der Waals surface area contributed by atoms with Crippen LogP contribution in [0.1, 0.15) is 32.6 Å². The Hall–Kier alpha value is -3.95. The molecule has 4 heterocycles. The quantitative estimate of drug-likeness (QED) is 0.358. The Bertz CT molecular complexity index is 1640. The third kappa shape index (κ3) is 4.80. The summed E-state index contributed by atoms with van der Waals surface area (Å²) in [6.07, 6.45) is 3.16. The Morgan fingerprint density at radius 2 is 1.81 bits per heavy atom. The number of benzene rings is 3. The predicted molar refractivity (Wildman–Crippen MR) is 163 cm³/mol. The lowest BCUT2D eigenvalue weighted by molar-refractivity contribution is -0.140. The molecule has 2 bridgehead atoms. The van der Waals surface area contributed by atoms with E-state index in [1.165, 1.54) is 6.92 Å². The van der Waals surface area contributed by atoms with Gasteiger partial charge in [0, 0.05) is 36.6 Å². The molecular weight excluding hydrogens is 530 g/mol. The summed E-state index contributed by atoms with van der Waals surface area (Å²) in [5, 5.41) is 23.4. The number of phenolic OH excluding ortho intramolecular Hbond substituents is 1. The van der Waals surface area contributed by atoms with E-state index in [1.807, 2.05) is 18.2 Å². The van der Waals surface area contributed by atoms with Crippen molar-refractivity contribution >= 4 is 33.4 Å². The van der Waals surface area contributed by atoms with Crippen LogP contribution in [0.25, 0.3) is 32.8 Å². The van der Waals surface area contributed by atoms with Gasteiger partial charge in [-0.3, -0.25) is 4.79 Å². The molecule has 1 amide bonds. The molecule has 9 nitrogen and oxygen atoms in total. The first-order valence-corrected chi connectivity index (χ1v) is 15.0. The molecule has 9 heteroatoms. The number of piperazine rings is 1. The minimum atomic E-state index is -1.00. The average Bonchev–Trinajstić information content (AvgIpc) is 3.52. The van der Waals surface area contributed by atoms with Gasteiger partial charge < -0.3 is 29.6 Å². The standard InChI is InChI=1S/C33H37N5O4/c1-20(39)32(41)37-17-23-10-11-24(18-37)38(23)31-28-12-9-22(29-16-26(40)14-21-6-3-4-8-27(21)29)15-30(28)34-33(35-31)42-19-25-7-5-13-36(25)2/h3-4,6,8-9,12,14-16,20,23-25,39-40H,5,7,10-11,13,17-19H2,1-2H3/t20-,23?,24?,25-/m0/s1. The molecule has 42 heavy (non-hydrogen) atoms. The number of amides is 1. The molecule has 4 aromatic rings. The maximum atomic E-state index is 12.6. The molecular formula is C33H37N5O4. The van der Waals surface area contributed by atoms with Crippen LogP contribution in [0.2, 0.25) is 0 Å². The Morgan fingerprint density at radius 3 is 2.55 bits per heavy atom. The number of likely N-dealkylation sites (tertiary alicyclic amines) is 2. The number of ether oxygens (including phenoxy) is 1. The lowest BCUT2D eigenvalue weighted by Gasteiger charge is -2.42. The van der Waals surface area contributed by atoms with Gasteiger partial charge in [-0.05, 0) is 92.4 Å². The first kappa shape index (κ1) is 26.9. The first-order valence-electron chi connectivity index (χ1n) is 15.0. The van der Waals surface area contributed by atoms with Crippen LogP contribution in [0.15, 0.2) is 54.6 Å². The smallest absolute Gasteiger partial charge is 0.319 e. The van der Waals surface area contributed by atoms with Crippen molar-refractivity contribution in [2.24, 2.45) is 0 Å². The highest BCUT2D eigenvalue weighted by Crippen LogP contribution is 2.40. The summed E-state index contributed by atoms with van der Waals surface area (Å²) in [5.74, 6) is 0.837. The average molecular weight is 568 g/mol. The largest absolute Gasteiger partial charge is 0.508 e. The van der Waals surface area contributed by atoms with Crippen molar-refractivity contribution in [3.63, 3.8) is 0 Å². The first-order chi connectivity index (χ1) is 20.4. The van der Waals surface area contributed by atoms with Gasteiger partial charge in [-0.15, -0.1) is 0 Å². The van der Waals surface area contributed by atoms with Crippen LogP contribution in [-0.4, -0.2) is 93.4 Å². The number of carbonyl (C=O) groups excluding carboxylic acids is 1. The van der Waals surface area contributed by atoms with E-state index in [9.17, 15) is 15.0 Å². The number of hydrogen-bond acceptors (Lipinski definition) is 8. The van der Waals surface area contributed by atoms with E-state index in [1.54, 1.807) is 17.0 Å². The van der Waals surface area contributed by atoms with Gasteiger partial charge in [-0.25, -0.2) is 0 Å².